The highest BCUT2D eigenvalue weighted by molar-refractivity contribution is 5.82. The standard InChI is InChI=1S/C13H25NO2/c1-4-13(2,3)12(16)14(9-6-10-15)11-7-5-8-11/h11,15H,4-10H2,1-3H3. The van der Waals surface area contributed by atoms with Gasteiger partial charge in [-0.3, -0.25) is 4.79 Å². The summed E-state index contributed by atoms with van der Waals surface area (Å²) in [5, 5.41) is 8.89. The van der Waals surface area contributed by atoms with Gasteiger partial charge >= 0.3 is 0 Å². The molecule has 16 heavy (non-hydrogen) atoms. The van der Waals surface area contributed by atoms with E-state index in [9.17, 15) is 4.79 Å². The molecule has 3 heteroatoms. The summed E-state index contributed by atoms with van der Waals surface area (Å²) < 4.78 is 0. The fraction of sp³-hybridized carbons (Fsp3) is 0.923. The Balaban J connectivity index is 2.63. The number of hydrogen-bond acceptors (Lipinski definition) is 2. The molecule has 1 rings (SSSR count). The van der Waals surface area contributed by atoms with Gasteiger partial charge < -0.3 is 10.0 Å². The van der Waals surface area contributed by atoms with Gasteiger partial charge in [-0.25, -0.2) is 0 Å². The molecule has 3 nitrogen and oxygen atoms in total. The quantitative estimate of drug-likeness (QED) is 0.755. The number of aliphatic hydroxyl groups is 1. The number of hydrogen-bond donors (Lipinski definition) is 1. The third kappa shape index (κ3) is 2.97. The lowest BCUT2D eigenvalue weighted by Gasteiger charge is -2.41. The molecular weight excluding hydrogens is 202 g/mol. The van der Waals surface area contributed by atoms with Crippen LogP contribution in [0.4, 0.5) is 0 Å². The second kappa shape index (κ2) is 5.67. The lowest BCUT2D eigenvalue weighted by Crippen LogP contribution is -2.49. The first-order valence-corrected chi connectivity index (χ1v) is 6.45. The molecule has 94 valence electrons. The van der Waals surface area contributed by atoms with Gasteiger partial charge in [0.2, 0.25) is 5.91 Å². The minimum absolute atomic E-state index is 0.170. The molecule has 0 aromatic heterocycles. The van der Waals surface area contributed by atoms with E-state index in [1.54, 1.807) is 0 Å². The van der Waals surface area contributed by atoms with Crippen molar-refractivity contribution in [3.63, 3.8) is 0 Å². The van der Waals surface area contributed by atoms with Gasteiger partial charge in [-0.1, -0.05) is 20.8 Å². The number of nitrogens with zero attached hydrogens (tertiary/aromatic N) is 1. The average molecular weight is 227 g/mol. The highest BCUT2D eigenvalue weighted by Crippen LogP contribution is 2.30. The van der Waals surface area contributed by atoms with E-state index in [1.165, 1.54) is 6.42 Å². The van der Waals surface area contributed by atoms with E-state index in [0.717, 1.165) is 19.3 Å². The maximum Gasteiger partial charge on any atom is 0.228 e. The van der Waals surface area contributed by atoms with Crippen LogP contribution < -0.4 is 0 Å². The normalized spacial score (nSPS) is 17.0. The van der Waals surface area contributed by atoms with Gasteiger partial charge in [0.15, 0.2) is 0 Å². The van der Waals surface area contributed by atoms with Crippen molar-refractivity contribution in [1.82, 2.24) is 4.90 Å². The predicted molar refractivity (Wildman–Crippen MR) is 65.1 cm³/mol. The minimum Gasteiger partial charge on any atom is -0.396 e. The summed E-state index contributed by atoms with van der Waals surface area (Å²) in [7, 11) is 0. The van der Waals surface area contributed by atoms with E-state index < -0.39 is 0 Å². The maximum absolute atomic E-state index is 12.4. The van der Waals surface area contributed by atoms with E-state index in [0.29, 0.717) is 19.0 Å². The lowest BCUT2D eigenvalue weighted by atomic mass is 9.84. The Morgan fingerprint density at radius 3 is 2.44 bits per heavy atom. The molecule has 1 aliphatic rings. The second-order valence-electron chi connectivity index (χ2n) is 5.40. The summed E-state index contributed by atoms with van der Waals surface area (Å²) >= 11 is 0. The van der Waals surface area contributed by atoms with Crippen LogP contribution >= 0.6 is 0 Å². The molecule has 1 fully saturated rings. The van der Waals surface area contributed by atoms with Crippen LogP contribution in [0.2, 0.25) is 0 Å². The van der Waals surface area contributed by atoms with Gasteiger partial charge in [0.1, 0.15) is 0 Å². The van der Waals surface area contributed by atoms with Crippen LogP contribution in [0.3, 0.4) is 0 Å². The summed E-state index contributed by atoms with van der Waals surface area (Å²) in [6, 6.07) is 0.435. The van der Waals surface area contributed by atoms with Gasteiger partial charge in [0, 0.05) is 24.6 Å². The molecule has 1 amide bonds. The third-order valence-electron chi connectivity index (χ3n) is 3.80. The zero-order valence-corrected chi connectivity index (χ0v) is 10.8. The molecule has 1 saturated carbocycles. The Kier molecular flexibility index (Phi) is 4.78. The molecule has 0 aromatic carbocycles. The van der Waals surface area contributed by atoms with Crippen LogP contribution in [0, 0.1) is 5.41 Å². The summed E-state index contributed by atoms with van der Waals surface area (Å²) in [5.41, 5.74) is -0.259. The summed E-state index contributed by atoms with van der Waals surface area (Å²) in [6.07, 6.45) is 5.07. The van der Waals surface area contributed by atoms with Gasteiger partial charge in [-0.2, -0.15) is 0 Å². The largest absolute Gasteiger partial charge is 0.396 e. The van der Waals surface area contributed by atoms with E-state index >= 15 is 0 Å². The molecule has 1 aliphatic carbocycles. The molecule has 0 atom stereocenters. The number of amides is 1. The van der Waals surface area contributed by atoms with E-state index in [1.807, 2.05) is 18.7 Å². The first-order valence-electron chi connectivity index (χ1n) is 6.45. The lowest BCUT2D eigenvalue weighted by molar-refractivity contribution is -0.145. The Morgan fingerprint density at radius 2 is 2.06 bits per heavy atom. The maximum atomic E-state index is 12.4. The van der Waals surface area contributed by atoms with Gasteiger partial charge in [-0.15, -0.1) is 0 Å². The highest BCUT2D eigenvalue weighted by atomic mass is 16.3. The molecule has 0 bridgehead atoms. The Bertz CT molecular complexity index is 234. The third-order valence-corrected chi connectivity index (χ3v) is 3.80. The molecule has 0 unspecified atom stereocenters. The van der Waals surface area contributed by atoms with Crippen LogP contribution in [0.15, 0.2) is 0 Å². The molecule has 0 spiro atoms. The van der Waals surface area contributed by atoms with Crippen LogP contribution in [0.5, 0.6) is 0 Å². The zero-order valence-electron chi connectivity index (χ0n) is 10.8. The Morgan fingerprint density at radius 1 is 1.44 bits per heavy atom. The molecule has 0 aromatic rings. The predicted octanol–water partition coefficient (Wildman–Crippen LogP) is 2.19. The summed E-state index contributed by atoms with van der Waals surface area (Å²) in [6.45, 7) is 6.97. The molecular formula is C13H25NO2. The van der Waals surface area contributed by atoms with Crippen molar-refractivity contribution in [2.45, 2.75) is 58.9 Å². The Labute approximate surface area is 98.8 Å². The number of aliphatic hydroxyl groups excluding tert-OH is 1. The van der Waals surface area contributed by atoms with E-state index in [4.69, 9.17) is 5.11 Å². The number of carbonyl (C=O) groups is 1. The molecule has 0 aliphatic heterocycles. The first kappa shape index (κ1) is 13.5. The minimum atomic E-state index is -0.259. The van der Waals surface area contributed by atoms with Crippen molar-refractivity contribution in [2.75, 3.05) is 13.2 Å². The van der Waals surface area contributed by atoms with Crippen molar-refractivity contribution in [3.05, 3.63) is 0 Å². The topological polar surface area (TPSA) is 40.5 Å². The molecule has 0 saturated heterocycles. The smallest absolute Gasteiger partial charge is 0.228 e. The fourth-order valence-corrected chi connectivity index (χ4v) is 1.93. The van der Waals surface area contributed by atoms with Crippen LogP contribution in [-0.2, 0) is 4.79 Å². The van der Waals surface area contributed by atoms with Crippen molar-refractivity contribution < 1.29 is 9.90 Å². The van der Waals surface area contributed by atoms with Gasteiger partial charge in [-0.05, 0) is 32.1 Å². The van der Waals surface area contributed by atoms with Crippen LogP contribution in [-0.4, -0.2) is 35.1 Å². The summed E-state index contributed by atoms with van der Waals surface area (Å²) in [5.74, 6) is 0.258. The van der Waals surface area contributed by atoms with Gasteiger partial charge in [0.05, 0.1) is 0 Å². The van der Waals surface area contributed by atoms with Gasteiger partial charge in [0.25, 0.3) is 0 Å². The van der Waals surface area contributed by atoms with Crippen molar-refractivity contribution in [2.24, 2.45) is 5.41 Å². The van der Waals surface area contributed by atoms with Crippen LogP contribution in [0.25, 0.3) is 0 Å². The SMILES string of the molecule is CCC(C)(C)C(=O)N(CCCO)C1CCC1. The number of rotatable bonds is 6. The van der Waals surface area contributed by atoms with Crippen molar-refractivity contribution >= 4 is 5.91 Å². The summed E-state index contributed by atoms with van der Waals surface area (Å²) in [4.78, 5) is 14.4. The highest BCUT2D eigenvalue weighted by Gasteiger charge is 2.35. The van der Waals surface area contributed by atoms with Crippen molar-refractivity contribution in [1.29, 1.82) is 0 Å². The number of carbonyl (C=O) groups excluding carboxylic acids is 1. The Hall–Kier alpha value is -0.570. The second-order valence-corrected chi connectivity index (χ2v) is 5.40. The van der Waals surface area contributed by atoms with Crippen LogP contribution in [0.1, 0.15) is 52.9 Å². The average Bonchev–Trinajstić information content (AvgIpc) is 2.20. The zero-order chi connectivity index (χ0) is 12.2. The van der Waals surface area contributed by atoms with E-state index in [-0.39, 0.29) is 17.9 Å². The molecule has 1 N–H and O–H groups in total. The van der Waals surface area contributed by atoms with E-state index in [2.05, 4.69) is 6.92 Å². The first-order chi connectivity index (χ1) is 7.53. The molecule has 0 radical (unpaired) electrons. The monoisotopic (exact) mass is 227 g/mol. The van der Waals surface area contributed by atoms with Crippen molar-refractivity contribution in [3.8, 4) is 0 Å². The molecule has 0 heterocycles. The fourth-order valence-electron chi connectivity index (χ4n) is 1.93.